The van der Waals surface area contributed by atoms with Gasteiger partial charge in [-0.15, -0.1) is 0 Å². The van der Waals surface area contributed by atoms with Crippen molar-refractivity contribution in [2.75, 3.05) is 18.6 Å². The first kappa shape index (κ1) is 21.9. The van der Waals surface area contributed by atoms with E-state index < -0.39 is 36.3 Å². The van der Waals surface area contributed by atoms with Gasteiger partial charge in [-0.25, -0.2) is 4.79 Å². The summed E-state index contributed by atoms with van der Waals surface area (Å²) in [5.74, 6) is -1.61. The highest BCUT2D eigenvalue weighted by atomic mass is 32.2. The van der Waals surface area contributed by atoms with Crippen LogP contribution in [0.1, 0.15) is 53.8 Å². The van der Waals surface area contributed by atoms with Gasteiger partial charge < -0.3 is 10.1 Å². The van der Waals surface area contributed by atoms with Crippen LogP contribution in [0.3, 0.4) is 0 Å². The van der Waals surface area contributed by atoms with E-state index in [1.54, 1.807) is 24.3 Å². The minimum atomic E-state index is -1.05. The Balaban J connectivity index is 2.07. The highest BCUT2D eigenvalue weighted by molar-refractivity contribution is 7.98. The Bertz CT molecular complexity index is 717. The first-order valence-corrected chi connectivity index (χ1v) is 10.7. The van der Waals surface area contributed by atoms with Gasteiger partial charge in [0.2, 0.25) is 0 Å². The van der Waals surface area contributed by atoms with E-state index in [1.165, 1.54) is 11.8 Å². The van der Waals surface area contributed by atoms with Crippen LogP contribution >= 0.6 is 11.8 Å². The Hall–Kier alpha value is -2.35. The van der Waals surface area contributed by atoms with Gasteiger partial charge in [-0.2, -0.15) is 11.8 Å². The summed E-state index contributed by atoms with van der Waals surface area (Å²) in [7, 11) is 0. The number of hydrogen-bond donors (Lipinski definition) is 1. The van der Waals surface area contributed by atoms with Gasteiger partial charge >= 0.3 is 5.97 Å². The highest BCUT2D eigenvalue weighted by Gasteiger charge is 2.43. The monoisotopic (exact) mass is 406 g/mol. The maximum absolute atomic E-state index is 12.7. The average molecular weight is 407 g/mol. The minimum Gasteiger partial charge on any atom is -0.454 e. The van der Waals surface area contributed by atoms with Gasteiger partial charge in [0.15, 0.2) is 6.61 Å². The van der Waals surface area contributed by atoms with E-state index in [-0.39, 0.29) is 23.6 Å². The van der Waals surface area contributed by atoms with Crippen LogP contribution in [-0.4, -0.2) is 59.3 Å². The molecule has 1 N–H and O–H groups in total. The normalized spacial score (nSPS) is 15.2. The van der Waals surface area contributed by atoms with E-state index in [2.05, 4.69) is 5.32 Å². The summed E-state index contributed by atoms with van der Waals surface area (Å²) in [6.45, 7) is 3.45. The summed E-state index contributed by atoms with van der Waals surface area (Å²) >= 11 is 1.49. The fourth-order valence-corrected chi connectivity index (χ4v) is 3.59. The van der Waals surface area contributed by atoms with Gasteiger partial charge in [0.05, 0.1) is 11.1 Å². The molecule has 0 saturated carbocycles. The van der Waals surface area contributed by atoms with E-state index >= 15 is 0 Å². The molecule has 0 aromatic heterocycles. The number of nitrogens with zero attached hydrogens (tertiary/aromatic N) is 1. The number of amides is 3. The predicted molar refractivity (Wildman–Crippen MR) is 107 cm³/mol. The van der Waals surface area contributed by atoms with Crippen LogP contribution in [0.25, 0.3) is 0 Å². The van der Waals surface area contributed by atoms with Crippen LogP contribution < -0.4 is 5.32 Å². The molecule has 0 fully saturated rings. The second-order valence-electron chi connectivity index (χ2n) is 6.69. The summed E-state index contributed by atoms with van der Waals surface area (Å²) in [5.41, 5.74) is 0.557. The zero-order valence-electron chi connectivity index (χ0n) is 16.4. The first-order valence-electron chi connectivity index (χ1n) is 9.32. The van der Waals surface area contributed by atoms with Gasteiger partial charge in [0.1, 0.15) is 6.04 Å². The molecule has 1 aliphatic heterocycles. The van der Waals surface area contributed by atoms with Crippen LogP contribution in [0.4, 0.5) is 0 Å². The molecule has 1 aliphatic rings. The molecule has 8 heteroatoms. The third kappa shape index (κ3) is 5.13. The van der Waals surface area contributed by atoms with Crippen molar-refractivity contribution >= 4 is 35.5 Å². The van der Waals surface area contributed by atoms with E-state index in [4.69, 9.17) is 4.74 Å². The molecular formula is C20H26N2O5S. The summed E-state index contributed by atoms with van der Waals surface area (Å²) in [6.07, 6.45) is 3.88. The number of carbonyl (C=O) groups is 4. The molecule has 28 heavy (non-hydrogen) atoms. The molecule has 0 aliphatic carbocycles. The molecule has 0 radical (unpaired) electrons. The number of carbonyl (C=O) groups excluding carboxylic acids is 4. The average Bonchev–Trinajstić information content (AvgIpc) is 2.92. The molecule has 1 aromatic carbocycles. The van der Waals surface area contributed by atoms with Gasteiger partial charge in [0, 0.05) is 6.04 Å². The third-order valence-electron chi connectivity index (χ3n) is 4.48. The lowest BCUT2D eigenvalue weighted by molar-refractivity contribution is -0.152. The summed E-state index contributed by atoms with van der Waals surface area (Å²) in [4.78, 5) is 50.9. The van der Waals surface area contributed by atoms with Gasteiger partial charge in [0.25, 0.3) is 17.7 Å². The van der Waals surface area contributed by atoms with Crippen molar-refractivity contribution < 1.29 is 23.9 Å². The van der Waals surface area contributed by atoms with Crippen LogP contribution in [-0.2, 0) is 14.3 Å². The maximum atomic E-state index is 12.7. The Morgan fingerprint density at radius 3 is 2.29 bits per heavy atom. The third-order valence-corrected chi connectivity index (χ3v) is 5.12. The molecular weight excluding hydrogens is 380 g/mol. The van der Waals surface area contributed by atoms with Crippen LogP contribution in [0.2, 0.25) is 0 Å². The fraction of sp³-hybridized carbons (Fsp3) is 0.500. The van der Waals surface area contributed by atoms with E-state index in [1.807, 2.05) is 20.1 Å². The van der Waals surface area contributed by atoms with Crippen molar-refractivity contribution in [3.05, 3.63) is 35.4 Å². The standard InChI is InChI=1S/C20H26N2O5S/c1-4-7-13(2)21-17(23)12-27-20(26)16(10-11-28-3)22-18(24)14-8-5-6-9-15(14)19(22)25/h5-6,8-9,13,16H,4,7,10-12H2,1-3H3,(H,21,23)/t13-,16-/m1/s1. The molecule has 0 saturated heterocycles. The van der Waals surface area contributed by atoms with Crippen molar-refractivity contribution in [2.24, 2.45) is 0 Å². The number of esters is 1. The van der Waals surface area contributed by atoms with Crippen LogP contribution in [0.15, 0.2) is 24.3 Å². The lowest BCUT2D eigenvalue weighted by Crippen LogP contribution is -2.47. The van der Waals surface area contributed by atoms with Crippen molar-refractivity contribution in [3.8, 4) is 0 Å². The Morgan fingerprint density at radius 2 is 1.75 bits per heavy atom. The quantitative estimate of drug-likeness (QED) is 0.473. The van der Waals surface area contributed by atoms with Crippen LogP contribution in [0.5, 0.6) is 0 Å². The molecule has 0 spiro atoms. The topological polar surface area (TPSA) is 92.8 Å². The number of nitrogens with one attached hydrogen (secondary N) is 1. The summed E-state index contributed by atoms with van der Waals surface area (Å²) in [5, 5.41) is 2.75. The van der Waals surface area contributed by atoms with Crippen molar-refractivity contribution in [1.29, 1.82) is 0 Å². The Labute approximate surface area is 169 Å². The number of rotatable bonds is 10. The van der Waals surface area contributed by atoms with Crippen molar-refractivity contribution in [2.45, 2.75) is 45.2 Å². The smallest absolute Gasteiger partial charge is 0.329 e. The lowest BCUT2D eigenvalue weighted by atomic mass is 10.1. The first-order chi connectivity index (χ1) is 13.4. The van der Waals surface area contributed by atoms with E-state index in [9.17, 15) is 19.2 Å². The molecule has 152 valence electrons. The van der Waals surface area contributed by atoms with Crippen molar-refractivity contribution in [1.82, 2.24) is 10.2 Å². The van der Waals surface area contributed by atoms with Gasteiger partial charge in [-0.05, 0) is 43.9 Å². The zero-order valence-corrected chi connectivity index (χ0v) is 17.2. The second-order valence-corrected chi connectivity index (χ2v) is 7.67. The Morgan fingerprint density at radius 1 is 1.14 bits per heavy atom. The number of thioether (sulfide) groups is 1. The summed E-state index contributed by atoms with van der Waals surface area (Å²) in [6, 6.07) is 5.40. The van der Waals surface area contributed by atoms with Gasteiger partial charge in [-0.3, -0.25) is 19.3 Å². The fourth-order valence-electron chi connectivity index (χ4n) is 3.13. The van der Waals surface area contributed by atoms with Gasteiger partial charge in [-0.1, -0.05) is 25.5 Å². The molecule has 2 rings (SSSR count). The van der Waals surface area contributed by atoms with Crippen molar-refractivity contribution in [3.63, 3.8) is 0 Å². The predicted octanol–water partition coefficient (Wildman–Crippen LogP) is 2.25. The molecule has 7 nitrogen and oxygen atoms in total. The lowest BCUT2D eigenvalue weighted by Gasteiger charge is -2.24. The second kappa shape index (κ2) is 10.3. The number of fused-ring (bicyclic) bond motifs is 1. The zero-order chi connectivity index (χ0) is 20.7. The molecule has 3 amide bonds. The number of hydrogen-bond acceptors (Lipinski definition) is 6. The largest absolute Gasteiger partial charge is 0.454 e. The van der Waals surface area contributed by atoms with E-state index in [0.29, 0.717) is 5.75 Å². The molecule has 0 bridgehead atoms. The highest BCUT2D eigenvalue weighted by Crippen LogP contribution is 2.26. The minimum absolute atomic E-state index is 0.0141. The number of benzene rings is 1. The molecule has 0 unspecified atom stereocenters. The van der Waals surface area contributed by atoms with E-state index in [0.717, 1.165) is 17.7 Å². The molecule has 1 heterocycles. The molecule has 1 aromatic rings. The SMILES string of the molecule is CCC[C@@H](C)NC(=O)COC(=O)[C@@H](CCSC)N1C(=O)c2ccccc2C1=O. The Kier molecular flexibility index (Phi) is 8.04. The maximum Gasteiger partial charge on any atom is 0.329 e. The number of ether oxygens (including phenoxy) is 1. The van der Waals surface area contributed by atoms with Crippen LogP contribution in [0, 0.1) is 0 Å². The number of imide groups is 1. The molecule has 2 atom stereocenters. The summed E-state index contributed by atoms with van der Waals surface area (Å²) < 4.78 is 5.14.